The monoisotopic (exact) mass is 507 g/mol. The van der Waals surface area contributed by atoms with Gasteiger partial charge in [0.05, 0.1) is 12.6 Å². The molecule has 2 amide bonds. The number of phenols is 1. The van der Waals surface area contributed by atoms with Crippen LogP contribution < -0.4 is 11.5 Å². The maximum Gasteiger partial charge on any atom is 0.246 e. The molecule has 3 heterocycles. The van der Waals surface area contributed by atoms with Crippen molar-refractivity contribution in [1.29, 1.82) is 0 Å². The summed E-state index contributed by atoms with van der Waals surface area (Å²) in [6.07, 6.45) is 8.08. The maximum atomic E-state index is 12.9. The number of H-pyrrole nitrogens is 1. The number of nitrogens with one attached hydrogen (secondary N) is 1. The van der Waals surface area contributed by atoms with Crippen LogP contribution in [0.2, 0.25) is 0 Å². The molecule has 37 heavy (non-hydrogen) atoms. The molecular formula is C28H37N5O4. The van der Waals surface area contributed by atoms with Gasteiger partial charge in [-0.05, 0) is 50.0 Å². The molecule has 0 spiro atoms. The Bertz CT molecular complexity index is 1200. The van der Waals surface area contributed by atoms with Crippen LogP contribution in [0.3, 0.4) is 0 Å². The lowest BCUT2D eigenvalue weighted by Gasteiger charge is -2.28. The van der Waals surface area contributed by atoms with Crippen LogP contribution in [0.15, 0.2) is 36.4 Å². The molecule has 1 aromatic carbocycles. The second kappa shape index (κ2) is 11.6. The van der Waals surface area contributed by atoms with E-state index in [0.717, 1.165) is 42.6 Å². The van der Waals surface area contributed by atoms with Crippen LogP contribution in [-0.4, -0.2) is 71.1 Å². The van der Waals surface area contributed by atoms with E-state index in [-0.39, 0.29) is 29.5 Å². The number of carbonyl (C=O) groups is 2. The van der Waals surface area contributed by atoms with Crippen LogP contribution in [0.5, 0.6) is 5.75 Å². The van der Waals surface area contributed by atoms with Gasteiger partial charge in [0.2, 0.25) is 11.8 Å². The number of likely N-dealkylation sites (N-methyl/N-ethyl adjacent to an activating group) is 1. The van der Waals surface area contributed by atoms with Crippen molar-refractivity contribution in [2.75, 3.05) is 39.1 Å². The highest BCUT2D eigenvalue weighted by Crippen LogP contribution is 2.35. The van der Waals surface area contributed by atoms with E-state index in [1.807, 2.05) is 13.0 Å². The molecule has 2 aliphatic rings. The Morgan fingerprint density at radius 1 is 1.35 bits per heavy atom. The molecule has 0 bridgehead atoms. The lowest BCUT2D eigenvalue weighted by Crippen LogP contribution is -2.39. The normalized spacial score (nSPS) is 21.0. The summed E-state index contributed by atoms with van der Waals surface area (Å²) in [7, 11) is 1.79. The number of rotatable bonds is 7. The number of nitrogens with two attached hydrogens (primary N) is 2. The summed E-state index contributed by atoms with van der Waals surface area (Å²) >= 11 is 0. The number of aromatic amines is 1. The Morgan fingerprint density at radius 2 is 2.14 bits per heavy atom. The number of amides is 2. The Kier molecular flexibility index (Phi) is 8.23. The van der Waals surface area contributed by atoms with E-state index in [1.54, 1.807) is 53.3 Å². The van der Waals surface area contributed by atoms with E-state index in [4.69, 9.17) is 16.2 Å². The number of phenolic OH excluding ortho intramolecular Hbond substituents is 1. The minimum Gasteiger partial charge on any atom is -0.507 e. The van der Waals surface area contributed by atoms with Gasteiger partial charge in [-0.2, -0.15) is 0 Å². The van der Waals surface area contributed by atoms with Crippen LogP contribution >= 0.6 is 0 Å². The number of likely N-dealkylation sites (tertiary alicyclic amines) is 1. The molecule has 0 radical (unpaired) electrons. The van der Waals surface area contributed by atoms with Crippen molar-refractivity contribution in [2.24, 2.45) is 5.73 Å². The molecule has 1 aromatic heterocycles. The first kappa shape index (κ1) is 26.3. The quantitative estimate of drug-likeness (QED) is 0.425. The van der Waals surface area contributed by atoms with Gasteiger partial charge in [0, 0.05) is 67.7 Å². The fourth-order valence-corrected chi connectivity index (χ4v) is 5.17. The third-order valence-corrected chi connectivity index (χ3v) is 7.42. The van der Waals surface area contributed by atoms with Crippen molar-refractivity contribution in [2.45, 2.75) is 44.6 Å². The van der Waals surface area contributed by atoms with Crippen LogP contribution in [-0.2, 0) is 14.3 Å². The number of aromatic hydroxyl groups is 1. The summed E-state index contributed by atoms with van der Waals surface area (Å²) < 4.78 is 5.87. The van der Waals surface area contributed by atoms with Gasteiger partial charge in [0.15, 0.2) is 0 Å². The van der Waals surface area contributed by atoms with E-state index < -0.39 is 0 Å². The van der Waals surface area contributed by atoms with Gasteiger partial charge in [0.25, 0.3) is 0 Å². The van der Waals surface area contributed by atoms with Crippen LogP contribution in [0, 0.1) is 6.92 Å². The van der Waals surface area contributed by atoms with E-state index >= 15 is 0 Å². The van der Waals surface area contributed by atoms with Crippen LogP contribution in [0.1, 0.15) is 54.0 Å². The van der Waals surface area contributed by atoms with Crippen molar-refractivity contribution >= 4 is 29.4 Å². The Balaban J connectivity index is 1.47. The molecule has 198 valence electrons. The van der Waals surface area contributed by atoms with Gasteiger partial charge >= 0.3 is 0 Å². The van der Waals surface area contributed by atoms with Crippen molar-refractivity contribution in [3.8, 4) is 5.75 Å². The van der Waals surface area contributed by atoms with Gasteiger partial charge in [0.1, 0.15) is 11.6 Å². The third kappa shape index (κ3) is 5.99. The van der Waals surface area contributed by atoms with E-state index in [1.165, 1.54) is 0 Å². The molecule has 0 unspecified atom stereocenters. The molecule has 2 atom stereocenters. The highest BCUT2D eigenvalue weighted by Gasteiger charge is 2.29. The number of carbonyl (C=O) groups excluding carboxylic acids is 2. The minimum atomic E-state index is -0.109. The average Bonchev–Trinajstić information content (AvgIpc) is 3.29. The first-order chi connectivity index (χ1) is 17.8. The number of anilines is 1. The summed E-state index contributed by atoms with van der Waals surface area (Å²) in [6, 6.07) is 6.82. The van der Waals surface area contributed by atoms with E-state index in [0.29, 0.717) is 43.3 Å². The molecule has 2 saturated heterocycles. The standard InChI is InChI=1S/C28H37N5O4/c1-18-22(16-23(29)21-7-3-4-8-24(21)34)28(30)31-27(18)19-11-14-37-17-20(15-19)32(2)25(35)9-5-12-33-13-6-10-26(33)36/h3-5,7-9,16,19-20,31,34H,6,10-15,17,29-30H2,1-2H3/b9-5+,23-16-/t19-,20+/m1/s1. The first-order valence-corrected chi connectivity index (χ1v) is 12.8. The summed E-state index contributed by atoms with van der Waals surface area (Å²) in [5.74, 6) is 0.771. The summed E-state index contributed by atoms with van der Waals surface area (Å²) in [5.41, 5.74) is 16.4. The molecule has 2 aromatic rings. The number of nitrogen functional groups attached to an aromatic ring is 1. The number of nitrogens with zero attached hydrogens (tertiary/aromatic N) is 2. The predicted octanol–water partition coefficient (Wildman–Crippen LogP) is 2.97. The van der Waals surface area contributed by atoms with Gasteiger partial charge in [-0.3, -0.25) is 9.59 Å². The second-order valence-electron chi connectivity index (χ2n) is 9.85. The number of aromatic nitrogens is 1. The number of hydrogen-bond acceptors (Lipinski definition) is 6. The van der Waals surface area contributed by atoms with Gasteiger partial charge in [-0.25, -0.2) is 0 Å². The Morgan fingerprint density at radius 3 is 2.86 bits per heavy atom. The number of hydrogen-bond donors (Lipinski definition) is 4. The van der Waals surface area contributed by atoms with Gasteiger partial charge in [-0.15, -0.1) is 0 Å². The second-order valence-corrected chi connectivity index (χ2v) is 9.85. The maximum absolute atomic E-state index is 12.9. The number of para-hydroxylation sites is 1. The smallest absolute Gasteiger partial charge is 0.246 e. The molecule has 0 saturated carbocycles. The molecule has 2 fully saturated rings. The van der Waals surface area contributed by atoms with Crippen molar-refractivity contribution in [3.05, 3.63) is 58.8 Å². The zero-order chi connectivity index (χ0) is 26.5. The predicted molar refractivity (Wildman–Crippen MR) is 144 cm³/mol. The summed E-state index contributed by atoms with van der Waals surface area (Å²) in [6.45, 7) is 4.26. The van der Waals surface area contributed by atoms with Crippen LogP contribution in [0.4, 0.5) is 5.82 Å². The molecule has 0 aliphatic carbocycles. The zero-order valence-corrected chi connectivity index (χ0v) is 21.6. The number of benzene rings is 1. The lowest BCUT2D eigenvalue weighted by atomic mass is 9.91. The molecule has 9 heteroatoms. The average molecular weight is 508 g/mol. The molecular weight excluding hydrogens is 470 g/mol. The van der Waals surface area contributed by atoms with Crippen molar-refractivity contribution in [3.63, 3.8) is 0 Å². The SMILES string of the molecule is Cc1c([C@@H]2CCOC[C@@H](N(C)C(=O)/C=C/CN3CCCC3=O)C2)[nH]c(N)c1/C=C(\N)c1ccccc1O. The van der Waals surface area contributed by atoms with E-state index in [2.05, 4.69) is 4.98 Å². The van der Waals surface area contributed by atoms with Gasteiger partial charge < -0.3 is 36.1 Å². The lowest BCUT2D eigenvalue weighted by molar-refractivity contribution is -0.128. The van der Waals surface area contributed by atoms with Gasteiger partial charge in [-0.1, -0.05) is 18.2 Å². The molecule has 6 N–H and O–H groups in total. The first-order valence-electron chi connectivity index (χ1n) is 12.8. The van der Waals surface area contributed by atoms with Crippen molar-refractivity contribution < 1.29 is 19.4 Å². The minimum absolute atomic E-state index is 0.104. The number of ether oxygens (including phenoxy) is 1. The van der Waals surface area contributed by atoms with Crippen molar-refractivity contribution in [1.82, 2.24) is 14.8 Å². The highest BCUT2D eigenvalue weighted by atomic mass is 16.5. The summed E-state index contributed by atoms with van der Waals surface area (Å²) in [5, 5.41) is 10.2. The molecule has 4 rings (SSSR count). The fraction of sp³-hybridized carbons (Fsp3) is 0.429. The fourth-order valence-electron chi connectivity index (χ4n) is 5.17. The third-order valence-electron chi connectivity index (χ3n) is 7.42. The zero-order valence-electron chi connectivity index (χ0n) is 21.6. The molecule has 9 nitrogen and oxygen atoms in total. The Hall–Kier alpha value is -3.72. The topological polar surface area (TPSA) is 138 Å². The van der Waals surface area contributed by atoms with Crippen LogP contribution in [0.25, 0.3) is 11.8 Å². The van der Waals surface area contributed by atoms with E-state index in [9.17, 15) is 14.7 Å². The Labute approximate surface area is 217 Å². The largest absolute Gasteiger partial charge is 0.507 e. The highest BCUT2D eigenvalue weighted by molar-refractivity contribution is 5.88. The summed E-state index contributed by atoms with van der Waals surface area (Å²) in [4.78, 5) is 31.5. The molecule has 2 aliphatic heterocycles.